The zero-order chi connectivity index (χ0) is 13.3. The highest BCUT2D eigenvalue weighted by Crippen LogP contribution is 2.29. The van der Waals surface area contributed by atoms with Gasteiger partial charge in [0, 0.05) is 6.07 Å². The molecule has 1 aromatic carbocycles. The first-order valence-corrected chi connectivity index (χ1v) is 5.67. The van der Waals surface area contributed by atoms with Crippen LogP contribution in [0.1, 0.15) is 16.7 Å². The van der Waals surface area contributed by atoms with Crippen LogP contribution in [0.5, 0.6) is 0 Å². The fourth-order valence-corrected chi connectivity index (χ4v) is 2.31. The summed E-state index contributed by atoms with van der Waals surface area (Å²) in [5.41, 5.74) is 5.32. The third kappa shape index (κ3) is 2.22. The molecular formula is C14H14N2O2. The lowest BCUT2D eigenvalue weighted by molar-refractivity contribution is -0.389. The summed E-state index contributed by atoms with van der Waals surface area (Å²) in [4.78, 5) is 14.0. The van der Waals surface area contributed by atoms with Crippen LogP contribution in [0.3, 0.4) is 0 Å². The van der Waals surface area contributed by atoms with E-state index in [4.69, 9.17) is 0 Å². The summed E-state index contributed by atoms with van der Waals surface area (Å²) >= 11 is 0. The number of pyridine rings is 1. The molecule has 0 amide bonds. The first-order valence-electron chi connectivity index (χ1n) is 5.67. The van der Waals surface area contributed by atoms with Gasteiger partial charge in [0.2, 0.25) is 0 Å². The lowest BCUT2D eigenvalue weighted by atomic mass is 9.94. The van der Waals surface area contributed by atoms with Gasteiger partial charge in [-0.1, -0.05) is 17.7 Å². The maximum Gasteiger partial charge on any atom is 0.364 e. The second kappa shape index (κ2) is 4.56. The third-order valence-electron chi connectivity index (χ3n) is 2.90. The highest BCUT2D eigenvalue weighted by atomic mass is 16.6. The van der Waals surface area contributed by atoms with E-state index in [1.54, 1.807) is 6.07 Å². The predicted molar refractivity (Wildman–Crippen MR) is 70.5 cm³/mol. The molecule has 4 heteroatoms. The van der Waals surface area contributed by atoms with Crippen molar-refractivity contribution in [1.29, 1.82) is 0 Å². The molecule has 0 aliphatic heterocycles. The number of hydrogen-bond donors (Lipinski definition) is 0. The van der Waals surface area contributed by atoms with Crippen molar-refractivity contribution in [2.24, 2.45) is 0 Å². The monoisotopic (exact) mass is 242 g/mol. The SMILES string of the molecule is Cc1cc(C)c(-c2ccnc([N+](=O)[O-])c2)c(C)c1. The van der Waals surface area contributed by atoms with Crippen LogP contribution in [0.15, 0.2) is 30.5 Å². The minimum absolute atomic E-state index is 0.119. The summed E-state index contributed by atoms with van der Waals surface area (Å²) in [6.07, 6.45) is 1.48. The van der Waals surface area contributed by atoms with Crippen molar-refractivity contribution in [2.45, 2.75) is 20.8 Å². The Labute approximate surface area is 105 Å². The van der Waals surface area contributed by atoms with Crippen LogP contribution in [-0.4, -0.2) is 9.91 Å². The van der Waals surface area contributed by atoms with Crippen molar-refractivity contribution in [3.63, 3.8) is 0 Å². The Morgan fingerprint density at radius 1 is 1.11 bits per heavy atom. The molecule has 0 aliphatic carbocycles. The summed E-state index contributed by atoms with van der Waals surface area (Å²) < 4.78 is 0. The van der Waals surface area contributed by atoms with Gasteiger partial charge in [0.1, 0.15) is 6.20 Å². The molecule has 0 saturated carbocycles. The zero-order valence-electron chi connectivity index (χ0n) is 10.6. The summed E-state index contributed by atoms with van der Waals surface area (Å²) in [7, 11) is 0. The quantitative estimate of drug-likeness (QED) is 0.597. The van der Waals surface area contributed by atoms with E-state index < -0.39 is 4.92 Å². The molecule has 0 aliphatic rings. The Morgan fingerprint density at radius 3 is 2.28 bits per heavy atom. The van der Waals surface area contributed by atoms with Crippen LogP contribution in [0.4, 0.5) is 5.82 Å². The van der Waals surface area contributed by atoms with Gasteiger partial charge in [0.15, 0.2) is 0 Å². The first kappa shape index (κ1) is 12.2. The number of benzene rings is 1. The average molecular weight is 242 g/mol. The van der Waals surface area contributed by atoms with Gasteiger partial charge in [0.25, 0.3) is 0 Å². The summed E-state index contributed by atoms with van der Waals surface area (Å²) in [6.45, 7) is 6.07. The predicted octanol–water partition coefficient (Wildman–Crippen LogP) is 3.58. The van der Waals surface area contributed by atoms with E-state index in [0.717, 1.165) is 22.3 Å². The lowest BCUT2D eigenvalue weighted by Gasteiger charge is -2.10. The highest BCUT2D eigenvalue weighted by Gasteiger charge is 2.12. The fourth-order valence-electron chi connectivity index (χ4n) is 2.31. The third-order valence-corrected chi connectivity index (χ3v) is 2.90. The minimum Gasteiger partial charge on any atom is -0.358 e. The van der Waals surface area contributed by atoms with Crippen LogP contribution in [0.25, 0.3) is 11.1 Å². The van der Waals surface area contributed by atoms with Crippen molar-refractivity contribution in [1.82, 2.24) is 4.98 Å². The number of aromatic nitrogens is 1. The van der Waals surface area contributed by atoms with Gasteiger partial charge < -0.3 is 10.1 Å². The van der Waals surface area contributed by atoms with Crippen molar-refractivity contribution in [3.8, 4) is 11.1 Å². The Kier molecular flexibility index (Phi) is 3.10. The summed E-state index contributed by atoms with van der Waals surface area (Å²) in [6, 6.07) is 7.48. The second-order valence-corrected chi connectivity index (χ2v) is 4.43. The van der Waals surface area contributed by atoms with E-state index in [-0.39, 0.29) is 5.82 Å². The van der Waals surface area contributed by atoms with E-state index in [9.17, 15) is 10.1 Å². The van der Waals surface area contributed by atoms with Gasteiger partial charge in [-0.3, -0.25) is 0 Å². The number of nitro groups is 1. The molecule has 0 N–H and O–H groups in total. The molecule has 92 valence electrons. The van der Waals surface area contributed by atoms with Gasteiger partial charge >= 0.3 is 5.82 Å². The molecule has 2 rings (SSSR count). The van der Waals surface area contributed by atoms with Gasteiger partial charge in [-0.25, -0.2) is 0 Å². The standard InChI is InChI=1S/C14H14N2O2/c1-9-6-10(2)14(11(3)7-9)12-4-5-15-13(8-12)16(17)18/h4-8H,1-3H3. The van der Waals surface area contributed by atoms with E-state index in [1.165, 1.54) is 17.8 Å². The average Bonchev–Trinajstić information content (AvgIpc) is 2.28. The van der Waals surface area contributed by atoms with Crippen molar-refractivity contribution < 1.29 is 4.92 Å². The van der Waals surface area contributed by atoms with Gasteiger partial charge in [-0.15, -0.1) is 0 Å². The maximum absolute atomic E-state index is 10.8. The summed E-state index contributed by atoms with van der Waals surface area (Å²) in [5, 5.41) is 10.8. The fraction of sp³-hybridized carbons (Fsp3) is 0.214. The smallest absolute Gasteiger partial charge is 0.358 e. The van der Waals surface area contributed by atoms with Crippen molar-refractivity contribution in [2.75, 3.05) is 0 Å². The molecule has 0 bridgehead atoms. The van der Waals surface area contributed by atoms with E-state index in [2.05, 4.69) is 17.1 Å². The molecule has 0 radical (unpaired) electrons. The van der Waals surface area contributed by atoms with Crippen molar-refractivity contribution in [3.05, 3.63) is 57.3 Å². The molecule has 0 fully saturated rings. The molecule has 0 unspecified atom stereocenters. The zero-order valence-corrected chi connectivity index (χ0v) is 10.6. The largest absolute Gasteiger partial charge is 0.364 e. The molecule has 2 aromatic rings. The maximum atomic E-state index is 10.8. The molecule has 1 heterocycles. The topological polar surface area (TPSA) is 56.0 Å². The molecular weight excluding hydrogens is 228 g/mol. The van der Waals surface area contributed by atoms with Crippen LogP contribution in [0, 0.1) is 30.9 Å². The van der Waals surface area contributed by atoms with Crippen LogP contribution >= 0.6 is 0 Å². The first-order chi connectivity index (χ1) is 8.49. The van der Waals surface area contributed by atoms with Crippen LogP contribution < -0.4 is 0 Å². The van der Waals surface area contributed by atoms with Crippen LogP contribution in [-0.2, 0) is 0 Å². The van der Waals surface area contributed by atoms with E-state index in [1.807, 2.05) is 20.8 Å². The molecule has 18 heavy (non-hydrogen) atoms. The van der Waals surface area contributed by atoms with Crippen molar-refractivity contribution >= 4 is 5.82 Å². The number of rotatable bonds is 2. The molecule has 0 saturated heterocycles. The second-order valence-electron chi connectivity index (χ2n) is 4.43. The highest BCUT2D eigenvalue weighted by molar-refractivity contribution is 5.72. The Bertz CT molecular complexity index is 598. The Balaban J connectivity index is 2.62. The minimum atomic E-state index is -0.470. The summed E-state index contributed by atoms with van der Waals surface area (Å²) in [5.74, 6) is -0.119. The van der Waals surface area contributed by atoms with Gasteiger partial charge in [-0.05, 0) is 59.0 Å². The normalized spacial score (nSPS) is 10.4. The lowest BCUT2D eigenvalue weighted by Crippen LogP contribution is -1.94. The molecule has 0 spiro atoms. The van der Waals surface area contributed by atoms with Gasteiger partial charge in [-0.2, -0.15) is 0 Å². The molecule has 0 atom stereocenters. The number of aryl methyl sites for hydroxylation is 3. The Morgan fingerprint density at radius 2 is 1.72 bits per heavy atom. The Hall–Kier alpha value is -2.23. The van der Waals surface area contributed by atoms with Gasteiger partial charge in [0.05, 0.1) is 0 Å². The van der Waals surface area contributed by atoms with E-state index >= 15 is 0 Å². The number of hydrogen-bond acceptors (Lipinski definition) is 3. The van der Waals surface area contributed by atoms with Crippen LogP contribution in [0.2, 0.25) is 0 Å². The molecule has 1 aromatic heterocycles. The molecule has 4 nitrogen and oxygen atoms in total. The number of nitrogens with zero attached hydrogens (tertiary/aromatic N) is 2. The van der Waals surface area contributed by atoms with E-state index in [0.29, 0.717) is 0 Å².